The second kappa shape index (κ2) is 5.91. The second-order valence-electron chi connectivity index (χ2n) is 5.10. The molecule has 2 atom stereocenters. The van der Waals surface area contributed by atoms with E-state index in [1.807, 2.05) is 12.1 Å². The Morgan fingerprint density at radius 1 is 1.47 bits per heavy atom. The Bertz CT molecular complexity index is 547. The van der Waals surface area contributed by atoms with E-state index in [1.54, 1.807) is 0 Å². The molecule has 0 aliphatic carbocycles. The molecule has 1 heterocycles. The minimum atomic E-state index is -3.11. The molecule has 0 radical (unpaired) electrons. The fourth-order valence-electron chi connectivity index (χ4n) is 2.52. The summed E-state index contributed by atoms with van der Waals surface area (Å²) in [5.41, 5.74) is 1.24. The summed E-state index contributed by atoms with van der Waals surface area (Å²) in [4.78, 5) is 2.31. The minimum absolute atomic E-state index is 0.0320. The van der Waals surface area contributed by atoms with E-state index in [2.05, 4.69) is 44.6 Å². The Morgan fingerprint density at radius 2 is 2.21 bits per heavy atom. The van der Waals surface area contributed by atoms with Crippen molar-refractivity contribution in [2.24, 2.45) is 0 Å². The number of sulfonamides is 1. The van der Waals surface area contributed by atoms with E-state index in [4.69, 9.17) is 0 Å². The monoisotopic (exact) mass is 346 g/mol. The van der Waals surface area contributed by atoms with Gasteiger partial charge in [-0.05, 0) is 31.0 Å². The molecule has 19 heavy (non-hydrogen) atoms. The quantitative estimate of drug-likeness (QED) is 0.908. The van der Waals surface area contributed by atoms with Crippen molar-refractivity contribution in [1.29, 1.82) is 0 Å². The van der Waals surface area contributed by atoms with Crippen molar-refractivity contribution < 1.29 is 8.42 Å². The molecule has 1 aliphatic heterocycles. The summed E-state index contributed by atoms with van der Waals surface area (Å²) in [5, 5.41) is 0. The van der Waals surface area contributed by atoms with Crippen LogP contribution in [0.1, 0.15) is 24.9 Å². The fraction of sp³-hybridized carbons (Fsp3) is 0.538. The van der Waals surface area contributed by atoms with Gasteiger partial charge in [-0.2, -0.15) is 0 Å². The minimum Gasteiger partial charge on any atom is -0.295 e. The number of hydrogen-bond donors (Lipinski definition) is 1. The molecule has 0 spiro atoms. The molecule has 0 saturated carbocycles. The van der Waals surface area contributed by atoms with E-state index in [1.165, 1.54) is 11.8 Å². The van der Waals surface area contributed by atoms with Gasteiger partial charge in [-0.1, -0.05) is 28.1 Å². The molecule has 1 aromatic rings. The Balaban J connectivity index is 2.01. The summed E-state index contributed by atoms with van der Waals surface area (Å²) in [6.07, 6.45) is 2.08. The van der Waals surface area contributed by atoms with E-state index in [0.717, 1.165) is 24.0 Å². The third kappa shape index (κ3) is 4.27. The maximum atomic E-state index is 11.2. The van der Waals surface area contributed by atoms with Gasteiger partial charge in [0.15, 0.2) is 0 Å². The molecule has 0 amide bonds. The first kappa shape index (κ1) is 15.0. The first-order valence-corrected chi connectivity index (χ1v) is 9.00. The summed E-state index contributed by atoms with van der Waals surface area (Å²) >= 11 is 3.48. The van der Waals surface area contributed by atoms with Crippen molar-refractivity contribution in [3.63, 3.8) is 0 Å². The second-order valence-corrected chi connectivity index (χ2v) is 7.80. The summed E-state index contributed by atoms with van der Waals surface area (Å²) in [5.74, 6) is 0. The first-order chi connectivity index (χ1) is 8.85. The zero-order valence-corrected chi connectivity index (χ0v) is 13.5. The number of halogens is 1. The van der Waals surface area contributed by atoms with Crippen LogP contribution >= 0.6 is 15.9 Å². The highest BCUT2D eigenvalue weighted by atomic mass is 79.9. The van der Waals surface area contributed by atoms with Gasteiger partial charge in [0.05, 0.1) is 6.26 Å². The van der Waals surface area contributed by atoms with Gasteiger partial charge < -0.3 is 0 Å². The lowest BCUT2D eigenvalue weighted by molar-refractivity contribution is 0.258. The van der Waals surface area contributed by atoms with Crippen LogP contribution in [0, 0.1) is 0 Å². The molecule has 1 saturated heterocycles. The largest absolute Gasteiger partial charge is 0.295 e. The SMILES string of the molecule is C[C@@H](c1cccc(Br)c1)N1CC[C@H](NS(C)(=O)=O)C1. The van der Waals surface area contributed by atoms with Crippen molar-refractivity contribution in [3.05, 3.63) is 34.3 Å². The van der Waals surface area contributed by atoms with Crippen LogP contribution in [0.4, 0.5) is 0 Å². The van der Waals surface area contributed by atoms with Crippen LogP contribution in [0.15, 0.2) is 28.7 Å². The van der Waals surface area contributed by atoms with Gasteiger partial charge in [0.2, 0.25) is 10.0 Å². The van der Waals surface area contributed by atoms with Crippen LogP contribution in [0.5, 0.6) is 0 Å². The van der Waals surface area contributed by atoms with Crippen molar-refractivity contribution in [1.82, 2.24) is 9.62 Å². The molecular weight excluding hydrogens is 328 g/mol. The van der Waals surface area contributed by atoms with Gasteiger partial charge in [0.25, 0.3) is 0 Å². The van der Waals surface area contributed by atoms with Gasteiger partial charge >= 0.3 is 0 Å². The lowest BCUT2D eigenvalue weighted by atomic mass is 10.1. The molecule has 4 nitrogen and oxygen atoms in total. The molecule has 1 aliphatic rings. The Kier molecular flexibility index (Phi) is 4.66. The lowest BCUT2D eigenvalue weighted by Crippen LogP contribution is -2.36. The fourth-order valence-corrected chi connectivity index (χ4v) is 3.73. The molecule has 1 N–H and O–H groups in total. The van der Waals surface area contributed by atoms with Gasteiger partial charge in [-0.25, -0.2) is 13.1 Å². The topological polar surface area (TPSA) is 49.4 Å². The van der Waals surface area contributed by atoms with Crippen LogP contribution in [0.25, 0.3) is 0 Å². The zero-order valence-electron chi connectivity index (χ0n) is 11.1. The highest BCUT2D eigenvalue weighted by Gasteiger charge is 2.28. The number of benzene rings is 1. The Morgan fingerprint density at radius 3 is 2.84 bits per heavy atom. The normalized spacial score (nSPS) is 22.6. The van der Waals surface area contributed by atoms with Crippen molar-refractivity contribution in [3.8, 4) is 0 Å². The summed E-state index contributed by atoms with van der Waals surface area (Å²) in [6, 6.07) is 8.58. The highest BCUT2D eigenvalue weighted by Crippen LogP contribution is 2.26. The van der Waals surface area contributed by atoms with Crippen LogP contribution in [-0.2, 0) is 10.0 Å². The molecule has 106 valence electrons. The van der Waals surface area contributed by atoms with Crippen LogP contribution in [0.2, 0.25) is 0 Å². The molecule has 0 unspecified atom stereocenters. The third-order valence-corrected chi connectivity index (χ3v) is 4.73. The van der Waals surface area contributed by atoms with E-state index >= 15 is 0 Å². The van der Waals surface area contributed by atoms with Gasteiger partial charge in [0, 0.05) is 29.6 Å². The number of nitrogens with one attached hydrogen (secondary N) is 1. The van der Waals surface area contributed by atoms with Gasteiger partial charge in [-0.15, -0.1) is 0 Å². The van der Waals surface area contributed by atoms with E-state index in [-0.39, 0.29) is 6.04 Å². The van der Waals surface area contributed by atoms with Crippen LogP contribution in [-0.4, -0.2) is 38.7 Å². The zero-order chi connectivity index (χ0) is 14.0. The van der Waals surface area contributed by atoms with E-state index in [0.29, 0.717) is 6.04 Å². The van der Waals surface area contributed by atoms with Crippen molar-refractivity contribution in [2.75, 3.05) is 19.3 Å². The van der Waals surface area contributed by atoms with E-state index < -0.39 is 10.0 Å². The third-order valence-electron chi connectivity index (χ3n) is 3.48. The first-order valence-electron chi connectivity index (χ1n) is 6.32. The van der Waals surface area contributed by atoms with Crippen molar-refractivity contribution >= 4 is 26.0 Å². The summed E-state index contributed by atoms with van der Waals surface area (Å²) < 4.78 is 26.2. The molecule has 0 bridgehead atoms. The molecular formula is C13H19BrN2O2S. The maximum Gasteiger partial charge on any atom is 0.208 e. The maximum absolute atomic E-state index is 11.2. The Labute approximate surface area is 123 Å². The number of rotatable bonds is 4. The lowest BCUT2D eigenvalue weighted by Gasteiger charge is -2.25. The predicted octanol–water partition coefficient (Wildman–Crippen LogP) is 2.13. The average molecular weight is 347 g/mol. The highest BCUT2D eigenvalue weighted by molar-refractivity contribution is 9.10. The van der Waals surface area contributed by atoms with Crippen LogP contribution < -0.4 is 4.72 Å². The Hall–Kier alpha value is -0.430. The average Bonchev–Trinajstić information content (AvgIpc) is 2.74. The molecule has 1 aromatic carbocycles. The smallest absolute Gasteiger partial charge is 0.208 e. The number of hydrogen-bond acceptors (Lipinski definition) is 3. The van der Waals surface area contributed by atoms with Crippen molar-refractivity contribution in [2.45, 2.75) is 25.4 Å². The summed E-state index contributed by atoms with van der Waals surface area (Å²) in [7, 11) is -3.11. The molecule has 2 rings (SSSR count). The van der Waals surface area contributed by atoms with Crippen LogP contribution in [0.3, 0.4) is 0 Å². The standard InChI is InChI=1S/C13H19BrN2O2S/c1-10(11-4-3-5-12(14)8-11)16-7-6-13(9-16)15-19(2,17)18/h3-5,8,10,13,15H,6-7,9H2,1-2H3/t10-,13-/m0/s1. The van der Waals surface area contributed by atoms with Gasteiger partial charge in [-0.3, -0.25) is 4.90 Å². The molecule has 0 aromatic heterocycles. The van der Waals surface area contributed by atoms with E-state index in [9.17, 15) is 8.42 Å². The number of nitrogens with zero attached hydrogens (tertiary/aromatic N) is 1. The molecule has 1 fully saturated rings. The van der Waals surface area contributed by atoms with Gasteiger partial charge in [0.1, 0.15) is 0 Å². The summed E-state index contributed by atoms with van der Waals surface area (Å²) in [6.45, 7) is 3.84. The number of likely N-dealkylation sites (tertiary alicyclic amines) is 1. The molecule has 6 heteroatoms. The predicted molar refractivity (Wildman–Crippen MR) is 80.5 cm³/mol.